The zero-order chi connectivity index (χ0) is 42.2. The maximum absolute atomic E-state index is 14.2. The molecule has 57 heavy (non-hydrogen) atoms. The molecule has 4 rings (SSSR count). The second-order valence-corrected chi connectivity index (χ2v) is 17.9. The zero-order valence-corrected chi connectivity index (χ0v) is 36.0. The number of esters is 1. The van der Waals surface area contributed by atoms with Crippen molar-refractivity contribution in [2.24, 2.45) is 5.92 Å². The Morgan fingerprint density at radius 3 is 2.54 bits per heavy atom. The quantitative estimate of drug-likeness (QED) is 0.102. The molecule has 316 valence electrons. The lowest BCUT2D eigenvalue weighted by Gasteiger charge is -2.42. The number of carbonyl (C=O) groups excluding carboxylic acids is 4. The summed E-state index contributed by atoms with van der Waals surface area (Å²) >= 11 is 6.76. The van der Waals surface area contributed by atoms with Gasteiger partial charge in [-0.25, -0.2) is 9.59 Å². The lowest BCUT2D eigenvalue weighted by atomic mass is 9.83. The van der Waals surface area contributed by atoms with Gasteiger partial charge in [-0.1, -0.05) is 63.9 Å². The number of anilines is 1. The summed E-state index contributed by atoms with van der Waals surface area (Å²) < 4.78 is 29.2. The lowest BCUT2D eigenvalue weighted by molar-refractivity contribution is -0.162. The van der Waals surface area contributed by atoms with Crippen LogP contribution in [0.2, 0.25) is 5.02 Å². The number of nitrogens with one attached hydrogen (secondary N) is 1. The van der Waals surface area contributed by atoms with Crippen LogP contribution in [0.4, 0.5) is 10.5 Å². The number of likely N-dealkylation sites (N-methyl/N-ethyl adjacent to an activating group) is 1. The van der Waals surface area contributed by atoms with Crippen molar-refractivity contribution in [1.82, 2.24) is 10.2 Å². The van der Waals surface area contributed by atoms with Crippen LogP contribution < -0.4 is 15.0 Å². The van der Waals surface area contributed by atoms with Gasteiger partial charge in [-0.15, -0.1) is 0 Å². The molecule has 0 spiro atoms. The summed E-state index contributed by atoms with van der Waals surface area (Å²) in [6.07, 6.45) is 1.47. The number of hydrogen-bond acceptors (Lipinski definition) is 13. The normalized spacial score (nSPS) is 29.8. The second-order valence-electron chi connectivity index (χ2n) is 14.8. The van der Waals surface area contributed by atoms with Gasteiger partial charge in [0.05, 0.1) is 25.3 Å². The monoisotopic (exact) mass is 855 g/mol. The Bertz CT molecular complexity index is 1730. The summed E-state index contributed by atoms with van der Waals surface area (Å²) in [7, 11) is 8.89. The standard InChI is InChI=1S/C39H54ClN3O12S2/c1-22-11-9-12-29(52-8)39(50)21-28(53-37(49)41-39)23(2)35-38(4,55-35)30(20-32(45)43(6)26-18-25(17-22)19-27(51-7)34(26)40)54-36(48)24(3)42(5)31(44)14-16-57-56-15-10-13-33(46)47/h9,11-12,18-19,23-24,28-30,35,50H,10,13-17,20-21H2,1-8H3,(H,41,49)(H,46,47)/b12-9+,22-11+/t23-,24-,28+,29-,30+,35+,38-,39+/m1/s1. The molecule has 0 aromatic heterocycles. The predicted molar refractivity (Wildman–Crippen MR) is 217 cm³/mol. The lowest BCUT2D eigenvalue weighted by Crippen LogP contribution is -2.63. The molecule has 18 heteroatoms. The third-order valence-corrected chi connectivity index (χ3v) is 13.5. The number of methoxy groups -OCH3 is 2. The van der Waals surface area contributed by atoms with Crippen molar-refractivity contribution in [3.8, 4) is 5.75 Å². The van der Waals surface area contributed by atoms with E-state index in [2.05, 4.69) is 5.32 Å². The fourth-order valence-electron chi connectivity index (χ4n) is 6.92. The van der Waals surface area contributed by atoms with Gasteiger partial charge >= 0.3 is 18.0 Å². The van der Waals surface area contributed by atoms with E-state index in [1.54, 1.807) is 45.2 Å². The highest BCUT2D eigenvalue weighted by atomic mass is 35.5. The molecular weight excluding hydrogens is 802 g/mol. The first-order chi connectivity index (χ1) is 26.8. The van der Waals surface area contributed by atoms with Gasteiger partial charge in [0.15, 0.2) is 5.72 Å². The minimum Gasteiger partial charge on any atom is -0.495 e. The van der Waals surface area contributed by atoms with E-state index in [1.807, 2.05) is 13.0 Å². The van der Waals surface area contributed by atoms with Crippen molar-refractivity contribution in [3.63, 3.8) is 0 Å². The van der Waals surface area contributed by atoms with E-state index in [4.69, 9.17) is 40.4 Å². The van der Waals surface area contributed by atoms with Crippen LogP contribution in [-0.4, -0.2) is 127 Å². The van der Waals surface area contributed by atoms with Crippen molar-refractivity contribution in [2.45, 2.75) is 108 Å². The van der Waals surface area contributed by atoms with Crippen LogP contribution in [0.25, 0.3) is 0 Å². The van der Waals surface area contributed by atoms with Gasteiger partial charge in [-0.2, -0.15) is 0 Å². The van der Waals surface area contributed by atoms with Crippen LogP contribution in [0.3, 0.4) is 0 Å². The fraction of sp³-hybridized carbons (Fsp3) is 0.615. The Morgan fingerprint density at radius 1 is 1.18 bits per heavy atom. The average molecular weight is 856 g/mol. The molecule has 0 unspecified atom stereocenters. The van der Waals surface area contributed by atoms with Crippen LogP contribution in [0.1, 0.15) is 65.4 Å². The Kier molecular flexibility index (Phi) is 16.2. The topological polar surface area (TPSA) is 194 Å². The predicted octanol–water partition coefficient (Wildman–Crippen LogP) is 5.15. The number of benzene rings is 1. The third-order valence-electron chi connectivity index (χ3n) is 10.6. The summed E-state index contributed by atoms with van der Waals surface area (Å²) in [5, 5.41) is 23.3. The van der Waals surface area contributed by atoms with E-state index in [0.29, 0.717) is 35.8 Å². The summed E-state index contributed by atoms with van der Waals surface area (Å²) in [6, 6.07) is 2.53. The third kappa shape index (κ3) is 11.6. The Balaban J connectivity index is 1.63. The second kappa shape index (κ2) is 20.0. The number of carboxylic acid groups (broad SMARTS) is 1. The molecule has 3 heterocycles. The summed E-state index contributed by atoms with van der Waals surface area (Å²) in [4.78, 5) is 67.3. The molecule has 3 amide bonds. The highest BCUT2D eigenvalue weighted by Crippen LogP contribution is 2.49. The highest BCUT2D eigenvalue weighted by molar-refractivity contribution is 8.76. The molecular formula is C39H54ClN3O12S2. The van der Waals surface area contributed by atoms with Gasteiger partial charge in [0, 0.05) is 57.9 Å². The van der Waals surface area contributed by atoms with Crippen molar-refractivity contribution in [2.75, 3.05) is 44.7 Å². The number of ether oxygens (including phenoxy) is 5. The number of fused-ring (bicyclic) bond motifs is 5. The number of carbonyl (C=O) groups is 5. The molecule has 3 N–H and O–H groups in total. The molecule has 15 nitrogen and oxygen atoms in total. The molecule has 2 saturated heterocycles. The van der Waals surface area contributed by atoms with Crippen molar-refractivity contribution in [3.05, 3.63) is 46.5 Å². The van der Waals surface area contributed by atoms with Crippen LogP contribution in [0.15, 0.2) is 35.9 Å². The van der Waals surface area contributed by atoms with Crippen LogP contribution in [0, 0.1) is 5.92 Å². The Morgan fingerprint density at radius 2 is 1.88 bits per heavy atom. The van der Waals surface area contributed by atoms with E-state index in [-0.39, 0.29) is 36.6 Å². The van der Waals surface area contributed by atoms with E-state index in [1.165, 1.54) is 59.6 Å². The number of aliphatic hydroxyl groups is 1. The molecule has 1 aromatic carbocycles. The van der Waals surface area contributed by atoms with E-state index in [9.17, 15) is 29.1 Å². The van der Waals surface area contributed by atoms with E-state index in [0.717, 1.165) is 11.1 Å². The number of allylic oxidation sites excluding steroid dienone is 3. The van der Waals surface area contributed by atoms with E-state index < -0.39 is 71.6 Å². The molecule has 4 bridgehead atoms. The number of hydrogen-bond donors (Lipinski definition) is 3. The van der Waals surface area contributed by atoms with Gasteiger partial charge in [0.2, 0.25) is 11.8 Å². The number of halogens is 1. The van der Waals surface area contributed by atoms with Gasteiger partial charge in [0.25, 0.3) is 0 Å². The molecule has 1 aromatic rings. The maximum atomic E-state index is 14.2. The summed E-state index contributed by atoms with van der Waals surface area (Å²) in [5.74, 6) is -1.47. The fourth-order valence-corrected chi connectivity index (χ4v) is 9.30. The first kappa shape index (κ1) is 46.2. The largest absolute Gasteiger partial charge is 0.495 e. The highest BCUT2D eigenvalue weighted by Gasteiger charge is 2.64. The Labute approximate surface area is 346 Å². The van der Waals surface area contributed by atoms with Gasteiger partial charge in [-0.3, -0.25) is 19.7 Å². The first-order valence-corrected chi connectivity index (χ1v) is 21.5. The number of aliphatic carboxylic acids is 1. The van der Waals surface area contributed by atoms with Crippen molar-refractivity contribution in [1.29, 1.82) is 0 Å². The molecule has 8 atom stereocenters. The number of alkyl carbamates (subject to hydrolysis) is 1. The van der Waals surface area contributed by atoms with Gasteiger partial charge in [-0.05, 0) is 51.3 Å². The van der Waals surface area contributed by atoms with Gasteiger partial charge in [0.1, 0.15) is 40.7 Å². The number of rotatable bonds is 13. The maximum Gasteiger partial charge on any atom is 0.409 e. The molecule has 2 fully saturated rings. The van der Waals surface area contributed by atoms with Crippen LogP contribution in [0.5, 0.6) is 5.75 Å². The summed E-state index contributed by atoms with van der Waals surface area (Å²) in [6.45, 7) is 6.93. The van der Waals surface area contributed by atoms with Crippen LogP contribution >= 0.6 is 33.2 Å². The van der Waals surface area contributed by atoms with Crippen molar-refractivity contribution < 1.29 is 57.9 Å². The smallest absolute Gasteiger partial charge is 0.409 e. The molecule has 3 aliphatic rings. The first-order valence-electron chi connectivity index (χ1n) is 18.7. The minimum atomic E-state index is -1.84. The molecule has 0 saturated carbocycles. The summed E-state index contributed by atoms with van der Waals surface area (Å²) in [5.41, 5.74) is -1.01. The van der Waals surface area contributed by atoms with Gasteiger partial charge < -0.3 is 43.7 Å². The number of amides is 3. The molecule has 3 aliphatic heterocycles. The van der Waals surface area contributed by atoms with Crippen molar-refractivity contribution >= 4 is 68.7 Å². The van der Waals surface area contributed by atoms with Crippen LogP contribution in [-0.2, 0) is 44.5 Å². The SMILES string of the molecule is COc1cc2cc(c1Cl)N(C)C(=O)C[C@H](OC(=O)[C@@H](C)N(C)C(=O)CCSSCCCC(=O)O)[C@@]1(C)O[C@H]1[C@H](C)[C@@H]1C[C@@](O)(NC(=O)O1)[C@H](OC)/C=C/C=C(\C)C2. The number of nitrogens with zero attached hydrogens (tertiary/aromatic N) is 2. The zero-order valence-electron chi connectivity index (χ0n) is 33.6. The average Bonchev–Trinajstić information content (AvgIpc) is 3.86. The molecule has 0 radical (unpaired) electrons. The number of epoxide rings is 1. The Hall–Kier alpha value is -3.48. The van der Waals surface area contributed by atoms with E-state index >= 15 is 0 Å². The number of carboxylic acids is 1. The minimum absolute atomic E-state index is 0.0687. The molecule has 0 aliphatic carbocycles.